The van der Waals surface area contributed by atoms with Gasteiger partial charge in [-0.3, -0.25) is 4.79 Å². The lowest BCUT2D eigenvalue weighted by atomic mass is 10.0. The molecule has 1 aromatic heterocycles. The van der Waals surface area contributed by atoms with E-state index in [9.17, 15) is 4.79 Å². The zero-order chi connectivity index (χ0) is 18.7. The maximum absolute atomic E-state index is 12.7. The Morgan fingerprint density at radius 3 is 2.54 bits per heavy atom. The van der Waals surface area contributed by atoms with Crippen molar-refractivity contribution in [2.24, 2.45) is 0 Å². The predicted molar refractivity (Wildman–Crippen MR) is 107 cm³/mol. The highest BCUT2D eigenvalue weighted by Gasteiger charge is 2.24. The van der Waals surface area contributed by atoms with Gasteiger partial charge in [-0.2, -0.15) is 0 Å². The average Bonchev–Trinajstić information content (AvgIpc) is 2.65. The van der Waals surface area contributed by atoms with Crippen LogP contribution in [0.15, 0.2) is 34.9 Å². The van der Waals surface area contributed by atoms with E-state index < -0.39 is 0 Å². The van der Waals surface area contributed by atoms with Gasteiger partial charge in [0.15, 0.2) is 0 Å². The van der Waals surface area contributed by atoms with Crippen LogP contribution in [0.1, 0.15) is 28.9 Å². The highest BCUT2D eigenvalue weighted by atomic mass is 79.9. The van der Waals surface area contributed by atoms with Gasteiger partial charge >= 0.3 is 0 Å². The number of carbonyl (C=O) groups excluding carboxylic acids is 1. The minimum Gasteiger partial charge on any atom is -0.339 e. The Balaban J connectivity index is 1.64. The molecule has 0 saturated carbocycles. The average molecular weight is 418 g/mol. The van der Waals surface area contributed by atoms with Crippen molar-refractivity contribution in [3.63, 3.8) is 0 Å². The predicted octanol–water partition coefficient (Wildman–Crippen LogP) is 3.46. The monoisotopic (exact) mass is 417 g/mol. The molecular weight excluding hydrogens is 394 g/mol. The molecule has 2 heterocycles. The largest absolute Gasteiger partial charge is 0.339 e. The first kappa shape index (κ1) is 18.8. The molecule has 7 heteroatoms. The van der Waals surface area contributed by atoms with Crippen LogP contribution in [0.25, 0.3) is 0 Å². The van der Waals surface area contributed by atoms with E-state index in [1.165, 1.54) is 0 Å². The van der Waals surface area contributed by atoms with Gasteiger partial charge in [0.2, 0.25) is 5.95 Å². The van der Waals surface area contributed by atoms with Crippen LogP contribution in [-0.4, -0.2) is 58.9 Å². The number of nitrogens with one attached hydrogen (secondary N) is 1. The molecule has 0 atom stereocenters. The lowest BCUT2D eigenvalue weighted by Crippen LogP contribution is -2.44. The van der Waals surface area contributed by atoms with Gasteiger partial charge in [0.25, 0.3) is 5.91 Å². The fourth-order valence-corrected chi connectivity index (χ4v) is 3.28. The van der Waals surface area contributed by atoms with Gasteiger partial charge in [-0.1, -0.05) is 0 Å². The Labute approximate surface area is 162 Å². The van der Waals surface area contributed by atoms with Gasteiger partial charge in [-0.25, -0.2) is 9.97 Å². The molecule has 1 N–H and O–H groups in total. The van der Waals surface area contributed by atoms with Crippen molar-refractivity contribution >= 4 is 33.5 Å². The summed E-state index contributed by atoms with van der Waals surface area (Å²) in [6.07, 6.45) is 3.77. The number of nitrogens with zero attached hydrogens (tertiary/aromatic N) is 4. The molecule has 6 nitrogen and oxygen atoms in total. The molecule has 1 aliphatic rings. The molecule has 1 aliphatic heterocycles. The molecule has 1 amide bonds. The van der Waals surface area contributed by atoms with E-state index in [1.807, 2.05) is 43.1 Å². The van der Waals surface area contributed by atoms with Crippen molar-refractivity contribution in [2.45, 2.75) is 25.8 Å². The number of hydrogen-bond donors (Lipinski definition) is 1. The quantitative estimate of drug-likeness (QED) is 0.824. The lowest BCUT2D eigenvalue weighted by Gasteiger charge is -2.35. The summed E-state index contributed by atoms with van der Waals surface area (Å²) < 4.78 is 0.876. The fourth-order valence-electron chi connectivity index (χ4n) is 3.09. The third kappa shape index (κ3) is 4.40. The molecule has 3 rings (SSSR count). The molecule has 1 aromatic carbocycles. The Bertz CT molecular complexity index is 772. The van der Waals surface area contributed by atoms with E-state index in [2.05, 4.69) is 43.2 Å². The molecule has 0 spiro atoms. The maximum atomic E-state index is 12.7. The van der Waals surface area contributed by atoms with E-state index >= 15 is 0 Å². The second-order valence-electron chi connectivity index (χ2n) is 6.78. The van der Waals surface area contributed by atoms with Gasteiger partial charge in [-0.15, -0.1) is 0 Å². The number of aryl methyl sites for hydroxylation is 1. The third-order valence-electron chi connectivity index (χ3n) is 4.86. The van der Waals surface area contributed by atoms with Crippen LogP contribution in [0, 0.1) is 6.92 Å². The lowest BCUT2D eigenvalue weighted by molar-refractivity contribution is 0.0659. The van der Waals surface area contributed by atoms with Crippen LogP contribution in [0.3, 0.4) is 0 Å². The Hall–Kier alpha value is -1.99. The van der Waals surface area contributed by atoms with Gasteiger partial charge in [0.05, 0.1) is 10.2 Å². The van der Waals surface area contributed by atoms with E-state index in [0.717, 1.165) is 41.8 Å². The van der Waals surface area contributed by atoms with Crippen LogP contribution < -0.4 is 5.32 Å². The number of halogens is 1. The molecule has 0 unspecified atom stereocenters. The van der Waals surface area contributed by atoms with Crippen molar-refractivity contribution < 1.29 is 4.79 Å². The zero-order valence-electron chi connectivity index (χ0n) is 15.4. The number of hydrogen-bond acceptors (Lipinski definition) is 5. The number of rotatable bonds is 4. The van der Waals surface area contributed by atoms with Gasteiger partial charge < -0.3 is 15.1 Å². The highest BCUT2D eigenvalue weighted by molar-refractivity contribution is 9.10. The first-order valence-corrected chi connectivity index (χ1v) is 9.55. The molecule has 26 heavy (non-hydrogen) atoms. The summed E-state index contributed by atoms with van der Waals surface area (Å²) in [6.45, 7) is 3.99. The summed E-state index contributed by atoms with van der Waals surface area (Å²) in [5.74, 6) is 0.607. The minimum absolute atomic E-state index is 0.0711. The van der Waals surface area contributed by atoms with Gasteiger partial charge in [-0.05, 0) is 80.1 Å². The maximum Gasteiger partial charge on any atom is 0.253 e. The fraction of sp³-hybridized carbons (Fsp3) is 0.421. The first-order chi connectivity index (χ1) is 12.4. The zero-order valence-corrected chi connectivity index (χ0v) is 17.0. The standard InChI is InChI=1S/C19H24BrN5O/c1-13-17(20)12-21-19(22-13)23-15-6-4-14(5-7-15)18(26)25(3)16-8-10-24(2)11-9-16/h4-7,12,16H,8-11H2,1-3H3,(H,21,22,23). The second-order valence-corrected chi connectivity index (χ2v) is 7.63. The van der Waals surface area contributed by atoms with Crippen molar-refractivity contribution in [3.8, 4) is 0 Å². The topological polar surface area (TPSA) is 61.4 Å². The second kappa shape index (κ2) is 8.14. The molecule has 0 radical (unpaired) electrons. The molecule has 1 saturated heterocycles. The van der Waals surface area contributed by atoms with Gasteiger partial charge in [0, 0.05) is 30.5 Å². The van der Waals surface area contributed by atoms with Crippen LogP contribution in [0.5, 0.6) is 0 Å². The normalized spacial score (nSPS) is 15.7. The van der Waals surface area contributed by atoms with Crippen LogP contribution in [0.4, 0.5) is 11.6 Å². The minimum atomic E-state index is 0.0711. The molecule has 2 aromatic rings. The van der Waals surface area contributed by atoms with Crippen LogP contribution in [0.2, 0.25) is 0 Å². The smallest absolute Gasteiger partial charge is 0.253 e. The summed E-state index contributed by atoms with van der Waals surface area (Å²) in [6, 6.07) is 7.78. The Morgan fingerprint density at radius 1 is 1.27 bits per heavy atom. The number of carbonyl (C=O) groups is 1. The van der Waals surface area contributed by atoms with E-state index in [4.69, 9.17) is 0 Å². The van der Waals surface area contributed by atoms with Crippen molar-refractivity contribution in [2.75, 3.05) is 32.5 Å². The molecule has 138 valence electrons. The molecular formula is C19H24BrN5O. The Kier molecular flexibility index (Phi) is 5.88. The van der Waals surface area contributed by atoms with Crippen LogP contribution >= 0.6 is 15.9 Å². The number of benzene rings is 1. The highest BCUT2D eigenvalue weighted by Crippen LogP contribution is 2.20. The summed E-state index contributed by atoms with van der Waals surface area (Å²) in [7, 11) is 4.03. The number of likely N-dealkylation sites (tertiary alicyclic amines) is 1. The third-order valence-corrected chi connectivity index (χ3v) is 5.64. The first-order valence-electron chi connectivity index (χ1n) is 8.76. The van der Waals surface area contributed by atoms with Gasteiger partial charge in [0.1, 0.15) is 0 Å². The van der Waals surface area contributed by atoms with Crippen molar-refractivity contribution in [1.82, 2.24) is 19.8 Å². The number of anilines is 2. The SMILES string of the molecule is Cc1nc(Nc2ccc(C(=O)N(C)C3CCN(C)CC3)cc2)ncc1Br. The molecule has 0 aliphatic carbocycles. The van der Waals surface area contributed by atoms with Crippen molar-refractivity contribution in [1.29, 1.82) is 0 Å². The summed E-state index contributed by atoms with van der Waals surface area (Å²) >= 11 is 3.39. The Morgan fingerprint density at radius 2 is 1.92 bits per heavy atom. The molecule has 0 bridgehead atoms. The summed E-state index contributed by atoms with van der Waals surface area (Å²) in [5, 5.41) is 3.16. The van der Waals surface area contributed by atoms with E-state index in [1.54, 1.807) is 6.20 Å². The van der Waals surface area contributed by atoms with E-state index in [-0.39, 0.29) is 5.91 Å². The molecule has 1 fully saturated rings. The summed E-state index contributed by atoms with van der Waals surface area (Å²) in [4.78, 5) is 25.5. The van der Waals surface area contributed by atoms with Crippen LogP contribution in [-0.2, 0) is 0 Å². The van der Waals surface area contributed by atoms with E-state index in [0.29, 0.717) is 17.6 Å². The van der Waals surface area contributed by atoms with Crippen molar-refractivity contribution in [3.05, 3.63) is 46.2 Å². The number of piperidine rings is 1. The number of aromatic nitrogens is 2. The summed E-state index contributed by atoms with van der Waals surface area (Å²) in [5.41, 5.74) is 2.42. The number of amides is 1.